The summed E-state index contributed by atoms with van der Waals surface area (Å²) in [4.78, 5) is 0. The Morgan fingerprint density at radius 3 is 2.88 bits per heavy atom. The second-order valence-corrected chi connectivity index (χ2v) is 1.60. The number of hydrogen-bond acceptors (Lipinski definition) is 1. The van der Waals surface area contributed by atoms with Crippen molar-refractivity contribution in [3.63, 3.8) is 0 Å². The molecule has 1 nitrogen and oxygen atoms in total. The highest BCUT2D eigenvalue weighted by Crippen LogP contribution is 2.04. The van der Waals surface area contributed by atoms with Gasteiger partial charge in [-0.25, -0.2) is 0 Å². The Morgan fingerprint density at radius 2 is 2.50 bits per heavy atom. The van der Waals surface area contributed by atoms with Crippen LogP contribution in [0.15, 0.2) is 29.5 Å². The van der Waals surface area contributed by atoms with Crippen molar-refractivity contribution < 1.29 is 4.39 Å². The molecule has 0 aromatic carbocycles. The molecule has 0 bridgehead atoms. The maximum atomic E-state index is 12.2. The van der Waals surface area contributed by atoms with Gasteiger partial charge in [-0.1, -0.05) is 0 Å². The fraction of sp³-hybridized carbons (Fsp3) is 0.167. The van der Waals surface area contributed by atoms with Crippen LogP contribution in [0.1, 0.15) is 6.92 Å². The van der Waals surface area contributed by atoms with Crippen molar-refractivity contribution in [3.8, 4) is 0 Å². The number of nitrogens with one attached hydrogen (secondary N) is 1. The summed E-state index contributed by atoms with van der Waals surface area (Å²) in [7, 11) is 0. The molecule has 0 spiro atoms. The zero-order chi connectivity index (χ0) is 5.98. The van der Waals surface area contributed by atoms with E-state index in [2.05, 4.69) is 11.0 Å². The van der Waals surface area contributed by atoms with Crippen LogP contribution in [0.3, 0.4) is 0 Å². The molecule has 0 radical (unpaired) electrons. The summed E-state index contributed by atoms with van der Waals surface area (Å²) in [5.41, 5.74) is 3.30. The smallest absolute Gasteiger partial charge is 0.195 e. The number of halogens is 1. The van der Waals surface area contributed by atoms with Crippen molar-refractivity contribution in [2.24, 2.45) is 0 Å². The van der Waals surface area contributed by atoms with E-state index in [0.29, 0.717) is 5.57 Å². The fourth-order valence-corrected chi connectivity index (χ4v) is 0.449. The molecule has 0 saturated carbocycles. The molecule has 1 aliphatic rings. The lowest BCUT2D eigenvalue weighted by Crippen LogP contribution is -2.02. The van der Waals surface area contributed by atoms with Crippen molar-refractivity contribution >= 4 is 0 Å². The Labute approximate surface area is 47.2 Å². The Hall–Kier alpha value is -1.01. The number of rotatable bonds is 0. The van der Waals surface area contributed by atoms with Gasteiger partial charge < -0.3 is 5.32 Å². The molecule has 0 saturated heterocycles. The fourth-order valence-electron chi connectivity index (χ4n) is 0.449. The predicted molar refractivity (Wildman–Crippen MR) is 29.6 cm³/mol. The van der Waals surface area contributed by atoms with E-state index in [1.807, 2.05) is 0 Å². The van der Waals surface area contributed by atoms with Crippen LogP contribution in [-0.4, -0.2) is 0 Å². The van der Waals surface area contributed by atoms with Gasteiger partial charge >= 0.3 is 0 Å². The van der Waals surface area contributed by atoms with Gasteiger partial charge in [-0.3, -0.25) is 0 Å². The first kappa shape index (κ1) is 5.13. The predicted octanol–water partition coefficient (Wildman–Crippen LogP) is 1.46. The topological polar surface area (TPSA) is 12.0 Å². The Balaban J connectivity index is 2.93. The van der Waals surface area contributed by atoms with Crippen molar-refractivity contribution in [2.75, 3.05) is 0 Å². The van der Waals surface area contributed by atoms with Crippen molar-refractivity contribution in [1.82, 2.24) is 5.32 Å². The molecule has 8 heavy (non-hydrogen) atoms. The summed E-state index contributed by atoms with van der Waals surface area (Å²) in [6, 6.07) is 0. The molecule has 0 aromatic heterocycles. The lowest BCUT2D eigenvalue weighted by molar-refractivity contribution is 0.575. The van der Waals surface area contributed by atoms with E-state index in [-0.39, 0.29) is 5.95 Å². The molecule has 42 valence electrons. The third-order valence-corrected chi connectivity index (χ3v) is 0.928. The SMILES string of the molecule is CC1=C(F)NC=C=C1. The molecule has 0 amide bonds. The van der Waals surface area contributed by atoms with Crippen LogP contribution >= 0.6 is 0 Å². The first-order chi connectivity index (χ1) is 3.80. The highest BCUT2D eigenvalue weighted by Gasteiger charge is 1.95. The van der Waals surface area contributed by atoms with E-state index in [9.17, 15) is 4.39 Å². The van der Waals surface area contributed by atoms with Crippen LogP contribution in [0.25, 0.3) is 0 Å². The lowest BCUT2D eigenvalue weighted by atomic mass is 10.3. The highest BCUT2D eigenvalue weighted by molar-refractivity contribution is 5.22. The molecule has 0 atom stereocenters. The largest absolute Gasteiger partial charge is 0.331 e. The third kappa shape index (κ3) is 0.796. The minimum atomic E-state index is -0.288. The molecule has 1 aliphatic heterocycles. The van der Waals surface area contributed by atoms with Crippen LogP contribution in [0.5, 0.6) is 0 Å². The second kappa shape index (κ2) is 1.85. The summed E-state index contributed by atoms with van der Waals surface area (Å²) in [6.45, 7) is 1.68. The van der Waals surface area contributed by atoms with Gasteiger partial charge in [0.2, 0.25) is 0 Å². The number of allylic oxidation sites excluding steroid dienone is 2. The molecular formula is C6H6FN. The molecule has 0 unspecified atom stereocenters. The van der Waals surface area contributed by atoms with Gasteiger partial charge in [0, 0.05) is 11.8 Å². The minimum Gasteiger partial charge on any atom is -0.331 e. The standard InChI is InChI=1S/C6H6FN/c1-5-3-2-4-8-6(5)7/h3-4,8H,1H3. The van der Waals surface area contributed by atoms with E-state index >= 15 is 0 Å². The maximum Gasteiger partial charge on any atom is 0.195 e. The number of hydrogen-bond donors (Lipinski definition) is 1. The summed E-state index contributed by atoms with van der Waals surface area (Å²) >= 11 is 0. The molecule has 2 heteroatoms. The van der Waals surface area contributed by atoms with E-state index in [1.165, 1.54) is 6.20 Å². The van der Waals surface area contributed by atoms with Gasteiger partial charge in [0.05, 0.1) is 0 Å². The van der Waals surface area contributed by atoms with Gasteiger partial charge in [-0.05, 0) is 13.0 Å². The van der Waals surface area contributed by atoms with E-state index < -0.39 is 0 Å². The zero-order valence-corrected chi connectivity index (χ0v) is 4.53. The Kier molecular flexibility index (Phi) is 1.18. The quantitative estimate of drug-likeness (QED) is 0.368. The van der Waals surface area contributed by atoms with Crippen LogP contribution in [0.4, 0.5) is 4.39 Å². The second-order valence-electron chi connectivity index (χ2n) is 1.60. The van der Waals surface area contributed by atoms with Gasteiger partial charge in [0.25, 0.3) is 0 Å². The first-order valence-corrected chi connectivity index (χ1v) is 2.34. The summed E-state index contributed by atoms with van der Waals surface area (Å²) in [6.07, 6.45) is 3.02. The normalized spacial score (nSPS) is 16.8. The summed E-state index contributed by atoms with van der Waals surface area (Å²) in [5.74, 6) is -0.288. The first-order valence-electron chi connectivity index (χ1n) is 2.34. The monoisotopic (exact) mass is 111 g/mol. The van der Waals surface area contributed by atoms with E-state index in [4.69, 9.17) is 0 Å². The van der Waals surface area contributed by atoms with Crippen LogP contribution < -0.4 is 5.32 Å². The van der Waals surface area contributed by atoms with Gasteiger partial charge in [0.15, 0.2) is 5.95 Å². The zero-order valence-electron chi connectivity index (χ0n) is 4.53. The lowest BCUT2D eigenvalue weighted by Gasteiger charge is -1.99. The Bertz CT molecular complexity index is 185. The van der Waals surface area contributed by atoms with Crippen molar-refractivity contribution in [1.29, 1.82) is 0 Å². The highest BCUT2D eigenvalue weighted by atomic mass is 19.1. The van der Waals surface area contributed by atoms with Crippen LogP contribution in [0.2, 0.25) is 0 Å². The molecular weight excluding hydrogens is 105 g/mol. The summed E-state index contributed by atoms with van der Waals surface area (Å²) in [5, 5.41) is 2.38. The molecule has 0 aromatic rings. The van der Waals surface area contributed by atoms with Gasteiger partial charge in [-0.2, -0.15) is 4.39 Å². The molecule has 0 aliphatic carbocycles. The van der Waals surface area contributed by atoms with E-state index in [1.54, 1.807) is 13.0 Å². The summed E-state index contributed by atoms with van der Waals surface area (Å²) < 4.78 is 12.2. The Morgan fingerprint density at radius 1 is 1.75 bits per heavy atom. The third-order valence-electron chi connectivity index (χ3n) is 0.928. The van der Waals surface area contributed by atoms with Crippen molar-refractivity contribution in [2.45, 2.75) is 6.92 Å². The molecule has 1 N–H and O–H groups in total. The van der Waals surface area contributed by atoms with Crippen LogP contribution in [-0.2, 0) is 0 Å². The minimum absolute atomic E-state index is 0.288. The molecule has 0 fully saturated rings. The van der Waals surface area contributed by atoms with Gasteiger partial charge in [-0.15, -0.1) is 5.73 Å². The average Bonchev–Trinajstić information content (AvgIpc) is 1.77. The van der Waals surface area contributed by atoms with Gasteiger partial charge in [0.1, 0.15) is 0 Å². The maximum absolute atomic E-state index is 12.2. The van der Waals surface area contributed by atoms with Crippen molar-refractivity contribution in [3.05, 3.63) is 29.5 Å². The van der Waals surface area contributed by atoms with E-state index in [0.717, 1.165) is 0 Å². The average molecular weight is 111 g/mol. The molecule has 1 rings (SSSR count). The molecule has 1 heterocycles. The van der Waals surface area contributed by atoms with Crippen LogP contribution in [0, 0.1) is 0 Å².